The van der Waals surface area contributed by atoms with Crippen LogP contribution in [-0.2, 0) is 13.5 Å². The average molecular weight is 202 g/mol. The maximum absolute atomic E-state index is 4.65. The van der Waals surface area contributed by atoms with Gasteiger partial charge in [0.1, 0.15) is 5.82 Å². The van der Waals surface area contributed by atoms with Crippen LogP contribution >= 0.6 is 0 Å². The van der Waals surface area contributed by atoms with Crippen molar-refractivity contribution in [2.24, 2.45) is 13.0 Å². The van der Waals surface area contributed by atoms with E-state index in [4.69, 9.17) is 0 Å². The summed E-state index contributed by atoms with van der Waals surface area (Å²) < 4.78 is 2.21. The second kappa shape index (κ2) is 4.05. The fourth-order valence-corrected chi connectivity index (χ4v) is 1.84. The van der Waals surface area contributed by atoms with Crippen molar-refractivity contribution >= 4 is 11.0 Å². The predicted molar refractivity (Wildman–Crippen MR) is 63.9 cm³/mol. The fraction of sp³-hybridized carbons (Fsp3) is 0.462. The van der Waals surface area contributed by atoms with E-state index in [1.165, 1.54) is 17.8 Å². The first kappa shape index (κ1) is 10.2. The molecule has 1 aromatic heterocycles. The second-order valence-electron chi connectivity index (χ2n) is 4.51. The van der Waals surface area contributed by atoms with Crippen molar-refractivity contribution in [1.82, 2.24) is 9.55 Å². The largest absolute Gasteiger partial charge is 0.331 e. The summed E-state index contributed by atoms with van der Waals surface area (Å²) in [6.07, 6.45) is 2.28. The molecule has 15 heavy (non-hydrogen) atoms. The predicted octanol–water partition coefficient (Wildman–Crippen LogP) is 3.16. The molecule has 1 aromatic carbocycles. The Kier molecular flexibility index (Phi) is 2.76. The fourth-order valence-electron chi connectivity index (χ4n) is 1.84. The van der Waals surface area contributed by atoms with Gasteiger partial charge in [0.15, 0.2) is 0 Å². The van der Waals surface area contributed by atoms with E-state index in [1.54, 1.807) is 0 Å². The van der Waals surface area contributed by atoms with E-state index >= 15 is 0 Å². The van der Waals surface area contributed by atoms with Crippen LogP contribution in [-0.4, -0.2) is 9.55 Å². The summed E-state index contributed by atoms with van der Waals surface area (Å²) in [5.41, 5.74) is 2.34. The molecule has 2 rings (SSSR count). The maximum Gasteiger partial charge on any atom is 0.109 e. The van der Waals surface area contributed by atoms with Gasteiger partial charge < -0.3 is 4.57 Å². The van der Waals surface area contributed by atoms with Gasteiger partial charge in [0.05, 0.1) is 11.0 Å². The normalized spacial score (nSPS) is 11.5. The molecule has 2 nitrogen and oxygen atoms in total. The van der Waals surface area contributed by atoms with E-state index in [2.05, 4.69) is 48.6 Å². The Labute approximate surface area is 90.9 Å². The van der Waals surface area contributed by atoms with Crippen molar-refractivity contribution in [3.63, 3.8) is 0 Å². The highest BCUT2D eigenvalue weighted by Crippen LogP contribution is 2.16. The first-order valence-corrected chi connectivity index (χ1v) is 5.59. The molecule has 0 bridgehead atoms. The molecule has 0 amide bonds. The van der Waals surface area contributed by atoms with Gasteiger partial charge in [-0.15, -0.1) is 0 Å². The minimum atomic E-state index is 0.741. The Morgan fingerprint density at radius 3 is 2.67 bits per heavy atom. The van der Waals surface area contributed by atoms with Crippen molar-refractivity contribution in [2.75, 3.05) is 0 Å². The lowest BCUT2D eigenvalue weighted by atomic mass is 10.1. The molecule has 0 unspecified atom stereocenters. The van der Waals surface area contributed by atoms with Gasteiger partial charge in [0.25, 0.3) is 0 Å². The number of para-hydroxylation sites is 2. The lowest BCUT2D eigenvalue weighted by Crippen LogP contribution is -2.00. The van der Waals surface area contributed by atoms with E-state index < -0.39 is 0 Å². The molecule has 0 N–H and O–H groups in total. The van der Waals surface area contributed by atoms with Crippen LogP contribution in [0.4, 0.5) is 0 Å². The molecule has 0 saturated heterocycles. The van der Waals surface area contributed by atoms with Crippen LogP contribution in [0.25, 0.3) is 11.0 Å². The number of imidazole rings is 1. The maximum atomic E-state index is 4.65. The zero-order valence-corrected chi connectivity index (χ0v) is 9.70. The highest BCUT2D eigenvalue weighted by atomic mass is 15.1. The Balaban J connectivity index is 2.32. The summed E-state index contributed by atoms with van der Waals surface area (Å²) in [6.45, 7) is 4.51. The van der Waals surface area contributed by atoms with Gasteiger partial charge in [-0.25, -0.2) is 4.98 Å². The molecule has 0 aliphatic carbocycles. The van der Waals surface area contributed by atoms with Crippen LogP contribution < -0.4 is 0 Å². The van der Waals surface area contributed by atoms with Crippen molar-refractivity contribution in [2.45, 2.75) is 26.7 Å². The van der Waals surface area contributed by atoms with Gasteiger partial charge in [-0.1, -0.05) is 26.0 Å². The summed E-state index contributed by atoms with van der Waals surface area (Å²) in [4.78, 5) is 4.65. The SMILES string of the molecule is CC(C)CCc1nc2ccccc2n1C. The molecule has 0 radical (unpaired) electrons. The first-order chi connectivity index (χ1) is 7.18. The molecule has 0 aliphatic heterocycles. The molecule has 0 fully saturated rings. The molecule has 0 spiro atoms. The number of aryl methyl sites for hydroxylation is 2. The lowest BCUT2D eigenvalue weighted by molar-refractivity contribution is 0.568. The minimum absolute atomic E-state index is 0.741. The van der Waals surface area contributed by atoms with Gasteiger partial charge >= 0.3 is 0 Å². The van der Waals surface area contributed by atoms with E-state index in [1.807, 2.05) is 6.07 Å². The van der Waals surface area contributed by atoms with Crippen LogP contribution in [0.2, 0.25) is 0 Å². The van der Waals surface area contributed by atoms with E-state index in [-0.39, 0.29) is 0 Å². The smallest absolute Gasteiger partial charge is 0.109 e. The number of benzene rings is 1. The van der Waals surface area contributed by atoms with E-state index in [0.717, 1.165) is 17.9 Å². The van der Waals surface area contributed by atoms with Crippen LogP contribution in [0.3, 0.4) is 0 Å². The monoisotopic (exact) mass is 202 g/mol. The molecule has 0 atom stereocenters. The summed E-state index contributed by atoms with van der Waals surface area (Å²) in [6, 6.07) is 8.31. The molecule has 0 aliphatic rings. The zero-order valence-electron chi connectivity index (χ0n) is 9.70. The third-order valence-electron chi connectivity index (χ3n) is 2.83. The van der Waals surface area contributed by atoms with E-state index in [9.17, 15) is 0 Å². The molecule has 2 aromatic rings. The van der Waals surface area contributed by atoms with Gasteiger partial charge in [0, 0.05) is 13.5 Å². The highest BCUT2D eigenvalue weighted by Gasteiger charge is 2.06. The van der Waals surface area contributed by atoms with Crippen LogP contribution in [0.1, 0.15) is 26.1 Å². The molecule has 1 heterocycles. The van der Waals surface area contributed by atoms with Crippen LogP contribution in [0.15, 0.2) is 24.3 Å². The standard InChI is InChI=1S/C13H18N2/c1-10(2)8-9-13-14-11-6-4-5-7-12(11)15(13)3/h4-7,10H,8-9H2,1-3H3. The second-order valence-corrected chi connectivity index (χ2v) is 4.51. The van der Waals surface area contributed by atoms with Gasteiger partial charge in [-0.05, 0) is 24.5 Å². The van der Waals surface area contributed by atoms with Gasteiger partial charge in [-0.3, -0.25) is 0 Å². The average Bonchev–Trinajstić information content (AvgIpc) is 2.54. The third kappa shape index (κ3) is 2.04. The highest BCUT2D eigenvalue weighted by molar-refractivity contribution is 5.75. The quantitative estimate of drug-likeness (QED) is 0.747. The molecule has 0 saturated carbocycles. The summed E-state index contributed by atoms with van der Waals surface area (Å²) in [5.74, 6) is 1.94. The Morgan fingerprint density at radius 1 is 1.27 bits per heavy atom. The Morgan fingerprint density at radius 2 is 2.00 bits per heavy atom. The number of hydrogen-bond acceptors (Lipinski definition) is 1. The number of nitrogens with zero attached hydrogens (tertiary/aromatic N) is 2. The minimum Gasteiger partial charge on any atom is -0.331 e. The first-order valence-electron chi connectivity index (χ1n) is 5.59. The molecular formula is C13H18N2. The number of rotatable bonds is 3. The summed E-state index contributed by atoms with van der Waals surface area (Å²) >= 11 is 0. The van der Waals surface area contributed by atoms with E-state index in [0.29, 0.717) is 0 Å². The van der Waals surface area contributed by atoms with Crippen molar-refractivity contribution in [1.29, 1.82) is 0 Å². The Hall–Kier alpha value is -1.31. The molecular weight excluding hydrogens is 184 g/mol. The number of aromatic nitrogens is 2. The van der Waals surface area contributed by atoms with Crippen molar-refractivity contribution in [3.05, 3.63) is 30.1 Å². The van der Waals surface area contributed by atoms with Crippen molar-refractivity contribution in [3.8, 4) is 0 Å². The van der Waals surface area contributed by atoms with Crippen LogP contribution in [0.5, 0.6) is 0 Å². The molecule has 2 heteroatoms. The van der Waals surface area contributed by atoms with Crippen LogP contribution in [0, 0.1) is 5.92 Å². The Bertz CT molecular complexity index is 455. The lowest BCUT2D eigenvalue weighted by Gasteiger charge is -2.04. The third-order valence-corrected chi connectivity index (χ3v) is 2.83. The zero-order chi connectivity index (χ0) is 10.8. The van der Waals surface area contributed by atoms with Gasteiger partial charge in [-0.2, -0.15) is 0 Å². The van der Waals surface area contributed by atoms with Crippen molar-refractivity contribution < 1.29 is 0 Å². The number of fused-ring (bicyclic) bond motifs is 1. The molecule has 80 valence electrons. The van der Waals surface area contributed by atoms with Gasteiger partial charge in [0.2, 0.25) is 0 Å². The topological polar surface area (TPSA) is 17.8 Å². The summed E-state index contributed by atoms with van der Waals surface area (Å²) in [7, 11) is 2.10. The number of hydrogen-bond donors (Lipinski definition) is 0. The summed E-state index contributed by atoms with van der Waals surface area (Å²) in [5, 5.41) is 0.